The molecule has 0 bridgehead atoms. The molecule has 0 atom stereocenters. The second kappa shape index (κ2) is 8.21. The summed E-state index contributed by atoms with van der Waals surface area (Å²) in [5.41, 5.74) is -1.85. The summed E-state index contributed by atoms with van der Waals surface area (Å²) >= 11 is 9.19. The van der Waals surface area contributed by atoms with Crippen LogP contribution in [-0.2, 0) is 6.18 Å². The van der Waals surface area contributed by atoms with Gasteiger partial charge in [0, 0.05) is 4.47 Å². The van der Waals surface area contributed by atoms with E-state index in [1.165, 1.54) is 0 Å². The minimum Gasteiger partial charge on any atom is -0.434 e. The molecule has 0 aliphatic heterocycles. The second-order valence-corrected chi connectivity index (χ2v) is 6.83. The van der Waals surface area contributed by atoms with Crippen LogP contribution in [0.1, 0.15) is 5.56 Å². The highest BCUT2D eigenvalue weighted by atomic mass is 79.9. The summed E-state index contributed by atoms with van der Waals surface area (Å²) < 4.78 is 45.1. The van der Waals surface area contributed by atoms with Gasteiger partial charge in [-0.2, -0.15) is 18.2 Å². The number of hydrogen-bond acceptors (Lipinski definition) is 6. The van der Waals surface area contributed by atoms with E-state index in [4.69, 9.17) is 16.3 Å². The average Bonchev–Trinajstić information content (AvgIpc) is 2.64. The first-order valence-corrected chi connectivity index (χ1v) is 8.89. The minimum atomic E-state index is -4.62. The molecule has 0 unspecified atom stereocenters. The topological polar surface area (TPSA) is 90.2 Å². The van der Waals surface area contributed by atoms with Gasteiger partial charge in [0.25, 0.3) is 0 Å². The zero-order valence-corrected chi connectivity index (χ0v) is 16.4. The van der Waals surface area contributed by atoms with Gasteiger partial charge in [-0.15, -0.1) is 0 Å². The number of nitrogens with zero attached hydrogens (tertiary/aromatic N) is 3. The second-order valence-electron chi connectivity index (χ2n) is 5.51. The molecule has 0 saturated heterocycles. The van der Waals surface area contributed by atoms with E-state index in [1.54, 1.807) is 24.3 Å². The summed E-state index contributed by atoms with van der Waals surface area (Å²) in [5.74, 6) is -0.505. The van der Waals surface area contributed by atoms with Gasteiger partial charge in [-0.3, -0.25) is 10.1 Å². The molecule has 12 heteroatoms. The Morgan fingerprint density at radius 3 is 2.45 bits per heavy atom. The SMILES string of the molecule is O=[N+]([O-])c1c(Nc2cc(C(F)(F)F)ccc2Cl)ncnc1Oc1ccc(Br)cc1. The highest BCUT2D eigenvalue weighted by Gasteiger charge is 2.32. The maximum atomic E-state index is 13.0. The molecule has 0 radical (unpaired) electrons. The lowest BCUT2D eigenvalue weighted by atomic mass is 10.2. The zero-order valence-electron chi connectivity index (χ0n) is 14.1. The fraction of sp³-hybridized carbons (Fsp3) is 0.0588. The van der Waals surface area contributed by atoms with Gasteiger partial charge in [-0.05, 0) is 42.5 Å². The normalized spacial score (nSPS) is 11.2. The summed E-state index contributed by atoms with van der Waals surface area (Å²) in [5, 5.41) is 13.9. The van der Waals surface area contributed by atoms with Crippen LogP contribution < -0.4 is 10.1 Å². The summed E-state index contributed by atoms with van der Waals surface area (Å²) in [6, 6.07) is 8.96. The van der Waals surface area contributed by atoms with Gasteiger partial charge in [0.2, 0.25) is 5.82 Å². The molecule has 7 nitrogen and oxygen atoms in total. The van der Waals surface area contributed by atoms with Crippen molar-refractivity contribution in [2.24, 2.45) is 0 Å². The van der Waals surface area contributed by atoms with Crippen molar-refractivity contribution in [3.8, 4) is 11.6 Å². The fourth-order valence-corrected chi connectivity index (χ4v) is 2.66. The maximum absolute atomic E-state index is 13.0. The van der Waals surface area contributed by atoms with Crippen LogP contribution in [0, 0.1) is 10.1 Å². The van der Waals surface area contributed by atoms with Crippen molar-refractivity contribution in [2.75, 3.05) is 5.32 Å². The third-order valence-electron chi connectivity index (χ3n) is 3.55. The standard InChI is InChI=1S/C17H9BrClF3N4O3/c18-10-2-4-11(5-3-10)29-16-14(26(27)28)15(23-8-24-16)25-13-7-9(17(20,21)22)1-6-12(13)19/h1-8H,(H,23,24,25). The molecule has 0 aliphatic carbocycles. The number of rotatable bonds is 5. The monoisotopic (exact) mass is 488 g/mol. The predicted molar refractivity (Wildman–Crippen MR) is 103 cm³/mol. The number of hydrogen-bond donors (Lipinski definition) is 1. The smallest absolute Gasteiger partial charge is 0.416 e. The van der Waals surface area contributed by atoms with Crippen LogP contribution in [0.5, 0.6) is 11.6 Å². The van der Waals surface area contributed by atoms with E-state index >= 15 is 0 Å². The summed E-state index contributed by atoms with van der Waals surface area (Å²) in [6.45, 7) is 0. The van der Waals surface area contributed by atoms with Crippen LogP contribution in [-0.4, -0.2) is 14.9 Å². The summed E-state index contributed by atoms with van der Waals surface area (Å²) in [6.07, 6.45) is -3.64. The number of benzene rings is 2. The van der Waals surface area contributed by atoms with Crippen molar-refractivity contribution in [2.45, 2.75) is 6.18 Å². The van der Waals surface area contributed by atoms with E-state index in [1.807, 2.05) is 0 Å². The molecule has 3 rings (SSSR count). The number of halogens is 5. The highest BCUT2D eigenvalue weighted by Crippen LogP contribution is 2.39. The molecule has 1 aromatic heterocycles. The summed E-state index contributed by atoms with van der Waals surface area (Å²) in [4.78, 5) is 18.3. The largest absolute Gasteiger partial charge is 0.434 e. The molecule has 1 heterocycles. The molecule has 150 valence electrons. The minimum absolute atomic E-state index is 0.0821. The van der Waals surface area contributed by atoms with Crippen molar-refractivity contribution in [3.63, 3.8) is 0 Å². The Balaban J connectivity index is 2.00. The number of anilines is 2. The van der Waals surface area contributed by atoms with Crippen LogP contribution in [0.25, 0.3) is 0 Å². The van der Waals surface area contributed by atoms with E-state index in [0.717, 1.165) is 29.0 Å². The number of ether oxygens (including phenoxy) is 1. The van der Waals surface area contributed by atoms with E-state index in [-0.39, 0.29) is 22.3 Å². The molecule has 0 spiro atoms. The number of alkyl halides is 3. The van der Waals surface area contributed by atoms with Gasteiger partial charge in [0.15, 0.2) is 0 Å². The Hall–Kier alpha value is -2.92. The average molecular weight is 490 g/mol. The Morgan fingerprint density at radius 1 is 1.14 bits per heavy atom. The molecule has 0 saturated carbocycles. The quantitative estimate of drug-likeness (QED) is 0.331. The molecule has 29 heavy (non-hydrogen) atoms. The van der Waals surface area contributed by atoms with Crippen molar-refractivity contribution >= 4 is 44.7 Å². The molecular formula is C17H9BrClF3N4O3. The van der Waals surface area contributed by atoms with Gasteiger partial charge in [0.1, 0.15) is 12.1 Å². The van der Waals surface area contributed by atoms with Gasteiger partial charge in [-0.25, -0.2) is 4.98 Å². The van der Waals surface area contributed by atoms with Crippen molar-refractivity contribution < 1.29 is 22.8 Å². The Labute approximate surface area is 174 Å². The van der Waals surface area contributed by atoms with Crippen LogP contribution in [0.3, 0.4) is 0 Å². The number of nitrogens with one attached hydrogen (secondary N) is 1. The molecule has 0 aliphatic rings. The molecule has 3 aromatic rings. The highest BCUT2D eigenvalue weighted by molar-refractivity contribution is 9.10. The third kappa shape index (κ3) is 4.93. The molecular weight excluding hydrogens is 481 g/mol. The maximum Gasteiger partial charge on any atom is 0.416 e. The lowest BCUT2D eigenvalue weighted by molar-refractivity contribution is -0.385. The van der Waals surface area contributed by atoms with Gasteiger partial charge in [0.05, 0.1) is 21.2 Å². The van der Waals surface area contributed by atoms with Crippen molar-refractivity contribution in [1.29, 1.82) is 0 Å². The van der Waals surface area contributed by atoms with Crippen LogP contribution in [0.2, 0.25) is 5.02 Å². The lowest BCUT2D eigenvalue weighted by Crippen LogP contribution is -2.07. The first-order chi connectivity index (χ1) is 13.6. The summed E-state index contributed by atoms with van der Waals surface area (Å²) in [7, 11) is 0. The van der Waals surface area contributed by atoms with Crippen molar-refractivity contribution in [1.82, 2.24) is 9.97 Å². The van der Waals surface area contributed by atoms with Crippen LogP contribution >= 0.6 is 27.5 Å². The van der Waals surface area contributed by atoms with Gasteiger partial charge in [-0.1, -0.05) is 27.5 Å². The molecule has 0 amide bonds. The fourth-order valence-electron chi connectivity index (χ4n) is 2.23. The van der Waals surface area contributed by atoms with Crippen LogP contribution in [0.4, 0.5) is 30.4 Å². The Morgan fingerprint density at radius 2 is 1.83 bits per heavy atom. The Kier molecular flexibility index (Phi) is 5.89. The van der Waals surface area contributed by atoms with E-state index in [9.17, 15) is 23.3 Å². The lowest BCUT2D eigenvalue weighted by Gasteiger charge is -2.13. The first kappa shape index (κ1) is 20.8. The van der Waals surface area contributed by atoms with Gasteiger partial charge < -0.3 is 10.1 Å². The number of aromatic nitrogens is 2. The Bertz CT molecular complexity index is 1060. The first-order valence-electron chi connectivity index (χ1n) is 7.71. The van der Waals surface area contributed by atoms with Crippen LogP contribution in [0.15, 0.2) is 53.3 Å². The van der Waals surface area contributed by atoms with Gasteiger partial charge >= 0.3 is 17.7 Å². The molecule has 2 aromatic carbocycles. The van der Waals surface area contributed by atoms with E-state index < -0.39 is 28.2 Å². The van der Waals surface area contributed by atoms with E-state index in [0.29, 0.717) is 0 Å². The molecule has 1 N–H and O–H groups in total. The predicted octanol–water partition coefficient (Wildman–Crippen LogP) is 6.36. The molecule has 0 fully saturated rings. The van der Waals surface area contributed by atoms with Crippen molar-refractivity contribution in [3.05, 3.63) is 74.0 Å². The zero-order chi connectivity index (χ0) is 21.2. The third-order valence-corrected chi connectivity index (χ3v) is 4.40. The number of nitro groups is 1. The van der Waals surface area contributed by atoms with E-state index in [2.05, 4.69) is 31.2 Å².